The lowest BCUT2D eigenvalue weighted by Gasteiger charge is -2.14. The Morgan fingerprint density at radius 3 is 2.40 bits per heavy atom. The molecule has 1 aliphatic carbocycles. The van der Waals surface area contributed by atoms with Crippen LogP contribution < -0.4 is 10.6 Å². The van der Waals surface area contributed by atoms with E-state index >= 15 is 0 Å². The number of hydrogen-bond donors (Lipinski definition) is 3. The largest absolute Gasteiger partial charge is 0.479 e. The number of benzene rings is 2. The molecule has 3 aromatic rings. The first-order chi connectivity index (χ1) is 17.0. The molecular formula is C25H23N3O6S. The maximum absolute atomic E-state index is 12.4. The van der Waals surface area contributed by atoms with E-state index < -0.39 is 24.1 Å². The van der Waals surface area contributed by atoms with Gasteiger partial charge in [0.05, 0.1) is 6.10 Å². The minimum atomic E-state index is -0.998. The Morgan fingerprint density at radius 1 is 1.06 bits per heavy atom. The zero-order chi connectivity index (χ0) is 24.4. The molecule has 5 rings (SSSR count). The highest BCUT2D eigenvalue weighted by atomic mass is 32.1. The van der Waals surface area contributed by atoms with E-state index in [0.29, 0.717) is 12.8 Å². The quantitative estimate of drug-likeness (QED) is 0.456. The van der Waals surface area contributed by atoms with Crippen LogP contribution in [0.5, 0.6) is 0 Å². The summed E-state index contributed by atoms with van der Waals surface area (Å²) in [6, 6.07) is 16.2. The molecule has 1 fully saturated rings. The van der Waals surface area contributed by atoms with Crippen LogP contribution in [0.15, 0.2) is 53.9 Å². The summed E-state index contributed by atoms with van der Waals surface area (Å²) in [5, 5.41) is 16.0. The average Bonchev–Trinajstić information content (AvgIpc) is 3.59. The molecular weight excluding hydrogens is 470 g/mol. The molecule has 2 heterocycles. The number of ether oxygens (including phenoxy) is 2. The summed E-state index contributed by atoms with van der Waals surface area (Å²) in [7, 11) is 0. The van der Waals surface area contributed by atoms with E-state index in [4.69, 9.17) is 14.6 Å². The van der Waals surface area contributed by atoms with Crippen molar-refractivity contribution in [1.82, 2.24) is 10.3 Å². The summed E-state index contributed by atoms with van der Waals surface area (Å²) >= 11 is 1.11. The fraction of sp³-hybridized carbons (Fsp3) is 0.280. The van der Waals surface area contributed by atoms with Gasteiger partial charge in [-0.15, -0.1) is 11.3 Å². The molecule has 0 spiro atoms. The summed E-state index contributed by atoms with van der Waals surface area (Å²) in [5.74, 6) is -1.48. The smallest absolute Gasteiger partial charge is 0.413 e. The number of thiazole rings is 1. The molecule has 9 nitrogen and oxygen atoms in total. The maximum atomic E-state index is 12.4. The second-order valence-corrected chi connectivity index (χ2v) is 9.22. The van der Waals surface area contributed by atoms with Gasteiger partial charge in [-0.2, -0.15) is 0 Å². The summed E-state index contributed by atoms with van der Waals surface area (Å²) in [5.41, 5.74) is 4.69. The molecule has 2 aromatic carbocycles. The molecule has 2 atom stereocenters. The van der Waals surface area contributed by atoms with Gasteiger partial charge < -0.3 is 19.9 Å². The number of nitrogens with one attached hydrogen (secondary N) is 2. The Balaban J connectivity index is 1.13. The molecule has 1 aromatic heterocycles. The summed E-state index contributed by atoms with van der Waals surface area (Å²) < 4.78 is 10.9. The number of hydrogen-bond acceptors (Lipinski definition) is 7. The van der Waals surface area contributed by atoms with Gasteiger partial charge in [0.1, 0.15) is 12.3 Å². The Bertz CT molecular complexity index is 1230. The van der Waals surface area contributed by atoms with Crippen molar-refractivity contribution in [3.8, 4) is 11.1 Å². The normalized spacial score (nSPS) is 18.5. The van der Waals surface area contributed by atoms with E-state index in [1.807, 2.05) is 36.4 Å². The van der Waals surface area contributed by atoms with E-state index in [1.54, 1.807) is 0 Å². The van der Waals surface area contributed by atoms with Crippen molar-refractivity contribution in [3.05, 3.63) is 70.7 Å². The third-order valence-electron chi connectivity index (χ3n) is 6.16. The van der Waals surface area contributed by atoms with Crippen LogP contribution in [-0.4, -0.2) is 53.4 Å². The van der Waals surface area contributed by atoms with Crippen LogP contribution in [-0.2, 0) is 14.3 Å². The number of nitrogens with zero attached hydrogens (tertiary/aromatic N) is 1. The highest BCUT2D eigenvalue weighted by Gasteiger charge is 2.31. The lowest BCUT2D eigenvalue weighted by molar-refractivity contribution is -0.149. The summed E-state index contributed by atoms with van der Waals surface area (Å²) in [4.78, 5) is 39.9. The average molecular weight is 494 g/mol. The molecule has 0 saturated carbocycles. The molecule has 2 unspecified atom stereocenters. The van der Waals surface area contributed by atoms with Crippen molar-refractivity contribution in [2.75, 3.05) is 18.5 Å². The number of aliphatic carboxylic acids is 1. The minimum Gasteiger partial charge on any atom is -0.479 e. The molecule has 2 aliphatic rings. The van der Waals surface area contributed by atoms with Gasteiger partial charge in [0.15, 0.2) is 11.2 Å². The topological polar surface area (TPSA) is 127 Å². The van der Waals surface area contributed by atoms with Gasteiger partial charge in [-0.05, 0) is 35.1 Å². The lowest BCUT2D eigenvalue weighted by atomic mass is 9.98. The minimum absolute atomic E-state index is 0.0516. The fourth-order valence-corrected chi connectivity index (χ4v) is 5.17. The summed E-state index contributed by atoms with van der Waals surface area (Å²) in [6.45, 7) is 0.368. The van der Waals surface area contributed by atoms with Crippen molar-refractivity contribution >= 4 is 34.4 Å². The SMILES string of the molecule is O=C(Nc1nc(C(=O)NCC2CCC(C(=O)O)O2)cs1)OCC1c2ccccc2-c2ccccc21. The number of carboxylic acid groups (broad SMARTS) is 1. The standard InChI is InChI=1S/C25H23N3O6S/c29-22(26-11-14-9-10-21(34-14)23(30)31)20-13-35-24(27-20)28-25(32)33-12-19-17-7-3-1-5-15(17)16-6-2-4-8-18(16)19/h1-8,13-14,19,21H,9-12H2,(H,26,29)(H,30,31)(H,27,28,32). The van der Waals surface area contributed by atoms with E-state index in [-0.39, 0.29) is 36.0 Å². The second kappa shape index (κ2) is 9.85. The van der Waals surface area contributed by atoms with Crippen molar-refractivity contribution in [2.24, 2.45) is 0 Å². The summed E-state index contributed by atoms with van der Waals surface area (Å²) in [6.07, 6.45) is -0.850. The number of fused-ring (bicyclic) bond motifs is 3. The second-order valence-electron chi connectivity index (χ2n) is 8.36. The van der Waals surface area contributed by atoms with E-state index in [2.05, 4.69) is 27.8 Å². The van der Waals surface area contributed by atoms with Gasteiger partial charge in [0.2, 0.25) is 0 Å². The number of amides is 2. The lowest BCUT2D eigenvalue weighted by Crippen LogP contribution is -2.33. The number of carboxylic acids is 1. The molecule has 35 heavy (non-hydrogen) atoms. The Labute approximate surface area is 205 Å². The molecule has 1 saturated heterocycles. The van der Waals surface area contributed by atoms with Crippen LogP contribution in [0.4, 0.5) is 9.93 Å². The van der Waals surface area contributed by atoms with Gasteiger partial charge in [0, 0.05) is 17.8 Å². The Hall–Kier alpha value is -3.76. The molecule has 2 amide bonds. The van der Waals surface area contributed by atoms with Crippen LogP contribution in [0, 0.1) is 0 Å². The van der Waals surface area contributed by atoms with Crippen LogP contribution in [0.1, 0.15) is 40.4 Å². The van der Waals surface area contributed by atoms with Gasteiger partial charge in [-0.3, -0.25) is 10.1 Å². The van der Waals surface area contributed by atoms with E-state index in [1.165, 1.54) is 5.38 Å². The van der Waals surface area contributed by atoms with Gasteiger partial charge in [-0.25, -0.2) is 14.6 Å². The van der Waals surface area contributed by atoms with Crippen LogP contribution in [0.2, 0.25) is 0 Å². The van der Waals surface area contributed by atoms with Crippen molar-refractivity contribution in [1.29, 1.82) is 0 Å². The number of rotatable bonds is 7. The van der Waals surface area contributed by atoms with Gasteiger partial charge in [-0.1, -0.05) is 48.5 Å². The van der Waals surface area contributed by atoms with Crippen LogP contribution in [0.3, 0.4) is 0 Å². The van der Waals surface area contributed by atoms with Crippen molar-refractivity contribution in [3.63, 3.8) is 0 Å². The van der Waals surface area contributed by atoms with Gasteiger partial charge in [0.25, 0.3) is 5.91 Å². The van der Waals surface area contributed by atoms with E-state index in [9.17, 15) is 14.4 Å². The highest BCUT2D eigenvalue weighted by Crippen LogP contribution is 2.44. The fourth-order valence-electron chi connectivity index (χ4n) is 4.49. The van der Waals surface area contributed by atoms with Crippen molar-refractivity contribution in [2.45, 2.75) is 31.0 Å². The molecule has 10 heteroatoms. The first-order valence-electron chi connectivity index (χ1n) is 11.2. The number of carbonyl (C=O) groups is 3. The van der Waals surface area contributed by atoms with Crippen LogP contribution >= 0.6 is 11.3 Å². The third kappa shape index (κ3) is 4.89. The first-order valence-corrected chi connectivity index (χ1v) is 12.1. The highest BCUT2D eigenvalue weighted by molar-refractivity contribution is 7.14. The Morgan fingerprint density at radius 2 is 1.74 bits per heavy atom. The molecule has 0 radical (unpaired) electrons. The van der Waals surface area contributed by atoms with Crippen molar-refractivity contribution < 1.29 is 29.0 Å². The van der Waals surface area contributed by atoms with E-state index in [0.717, 1.165) is 33.6 Å². The monoisotopic (exact) mass is 493 g/mol. The third-order valence-corrected chi connectivity index (χ3v) is 6.92. The number of anilines is 1. The predicted molar refractivity (Wildman–Crippen MR) is 129 cm³/mol. The zero-order valence-corrected chi connectivity index (χ0v) is 19.4. The Kier molecular flexibility index (Phi) is 6.47. The number of aromatic nitrogens is 1. The number of carbonyl (C=O) groups excluding carboxylic acids is 2. The van der Waals surface area contributed by atoms with Gasteiger partial charge >= 0.3 is 12.1 Å². The molecule has 180 valence electrons. The molecule has 3 N–H and O–H groups in total. The maximum Gasteiger partial charge on any atom is 0.413 e. The molecule has 1 aliphatic heterocycles. The van der Waals surface area contributed by atoms with Crippen LogP contribution in [0.25, 0.3) is 11.1 Å². The zero-order valence-electron chi connectivity index (χ0n) is 18.6. The first kappa shape index (κ1) is 23.0. The predicted octanol–water partition coefficient (Wildman–Crippen LogP) is 3.87. The molecule has 0 bridgehead atoms.